The highest BCUT2D eigenvalue weighted by molar-refractivity contribution is 5.88. The molecule has 4 aromatic rings. The third kappa shape index (κ3) is 2.89. The van der Waals surface area contributed by atoms with Gasteiger partial charge in [-0.05, 0) is 35.0 Å². The van der Waals surface area contributed by atoms with Gasteiger partial charge in [0.15, 0.2) is 5.69 Å². The summed E-state index contributed by atoms with van der Waals surface area (Å²) in [7, 11) is 0. The lowest BCUT2D eigenvalue weighted by molar-refractivity contribution is 1.06. The van der Waals surface area contributed by atoms with E-state index in [2.05, 4.69) is 26.5 Å². The van der Waals surface area contributed by atoms with E-state index in [1.54, 1.807) is 24.3 Å². The van der Waals surface area contributed by atoms with Gasteiger partial charge in [0.05, 0.1) is 23.0 Å². The molecule has 3 aromatic carbocycles. The van der Waals surface area contributed by atoms with Crippen LogP contribution in [-0.2, 0) is 0 Å². The van der Waals surface area contributed by atoms with Crippen LogP contribution in [0, 0.1) is 11.3 Å². The van der Waals surface area contributed by atoms with Gasteiger partial charge in [-0.25, -0.2) is 0 Å². The SMILES string of the molecule is N#Cc1cccc(N=Nc2c(-c3ccc4ccccc4c3)[nH][nH]c2=O)c1. The highest BCUT2D eigenvalue weighted by atomic mass is 16.1. The van der Waals surface area contributed by atoms with Crippen molar-refractivity contribution in [2.24, 2.45) is 10.2 Å². The van der Waals surface area contributed by atoms with Crippen molar-refractivity contribution in [1.82, 2.24) is 10.2 Å². The molecule has 0 amide bonds. The summed E-state index contributed by atoms with van der Waals surface area (Å²) in [5.41, 5.74) is 2.24. The maximum absolute atomic E-state index is 12.1. The zero-order valence-corrected chi connectivity index (χ0v) is 13.6. The highest BCUT2D eigenvalue weighted by Crippen LogP contribution is 2.29. The molecular formula is C20H13N5O. The van der Waals surface area contributed by atoms with Crippen molar-refractivity contribution >= 4 is 22.1 Å². The van der Waals surface area contributed by atoms with Gasteiger partial charge in [0.2, 0.25) is 0 Å². The summed E-state index contributed by atoms with van der Waals surface area (Å²) in [5.74, 6) is 0. The van der Waals surface area contributed by atoms with E-state index in [1.807, 2.05) is 42.5 Å². The lowest BCUT2D eigenvalue weighted by atomic mass is 10.0. The maximum Gasteiger partial charge on any atom is 0.292 e. The molecule has 0 spiro atoms. The molecular weight excluding hydrogens is 326 g/mol. The van der Waals surface area contributed by atoms with E-state index in [4.69, 9.17) is 5.26 Å². The second-order valence-corrected chi connectivity index (χ2v) is 5.73. The molecule has 0 bridgehead atoms. The molecule has 0 fully saturated rings. The van der Waals surface area contributed by atoms with Gasteiger partial charge in [-0.2, -0.15) is 10.4 Å². The van der Waals surface area contributed by atoms with Crippen molar-refractivity contribution in [2.45, 2.75) is 0 Å². The number of aromatic amines is 2. The highest BCUT2D eigenvalue weighted by Gasteiger charge is 2.12. The molecule has 0 aliphatic rings. The van der Waals surface area contributed by atoms with Crippen LogP contribution in [-0.4, -0.2) is 10.2 Å². The average Bonchev–Trinajstić information content (AvgIpc) is 3.06. The molecule has 0 unspecified atom stereocenters. The Balaban J connectivity index is 1.76. The molecule has 0 aliphatic heterocycles. The average molecular weight is 339 g/mol. The van der Waals surface area contributed by atoms with Gasteiger partial charge in [-0.1, -0.05) is 42.5 Å². The third-order valence-corrected chi connectivity index (χ3v) is 4.03. The van der Waals surface area contributed by atoms with Crippen LogP contribution in [0.1, 0.15) is 5.56 Å². The monoisotopic (exact) mass is 339 g/mol. The summed E-state index contributed by atoms with van der Waals surface area (Å²) < 4.78 is 0. The predicted octanol–water partition coefficient (Wildman–Crippen LogP) is 4.81. The molecule has 0 atom stereocenters. The molecule has 0 saturated heterocycles. The second kappa shape index (κ2) is 6.49. The minimum Gasteiger partial charge on any atom is -0.295 e. The second-order valence-electron chi connectivity index (χ2n) is 5.73. The molecule has 0 aliphatic carbocycles. The van der Waals surface area contributed by atoms with Crippen LogP contribution in [0.4, 0.5) is 11.4 Å². The molecule has 4 rings (SSSR count). The number of hydrogen-bond donors (Lipinski definition) is 2. The molecule has 2 N–H and O–H groups in total. The summed E-state index contributed by atoms with van der Waals surface area (Å²) in [4.78, 5) is 12.1. The van der Waals surface area contributed by atoms with E-state index in [0.717, 1.165) is 16.3 Å². The molecule has 0 saturated carbocycles. The predicted molar refractivity (Wildman–Crippen MR) is 99.7 cm³/mol. The van der Waals surface area contributed by atoms with Crippen molar-refractivity contribution in [3.05, 3.63) is 82.6 Å². The smallest absolute Gasteiger partial charge is 0.292 e. The molecule has 124 valence electrons. The van der Waals surface area contributed by atoms with Crippen LogP contribution in [0.15, 0.2) is 81.8 Å². The van der Waals surface area contributed by atoms with Crippen molar-refractivity contribution in [1.29, 1.82) is 5.26 Å². The Morgan fingerprint density at radius 3 is 2.54 bits per heavy atom. The number of hydrogen-bond acceptors (Lipinski definition) is 4. The van der Waals surface area contributed by atoms with E-state index >= 15 is 0 Å². The van der Waals surface area contributed by atoms with E-state index < -0.39 is 0 Å². The van der Waals surface area contributed by atoms with Crippen LogP contribution >= 0.6 is 0 Å². The third-order valence-electron chi connectivity index (χ3n) is 4.03. The van der Waals surface area contributed by atoms with Gasteiger partial charge in [-0.3, -0.25) is 15.0 Å². The Bertz CT molecular complexity index is 1230. The summed E-state index contributed by atoms with van der Waals surface area (Å²) in [5, 5.41) is 24.8. The fourth-order valence-electron chi connectivity index (χ4n) is 2.75. The first kappa shape index (κ1) is 15.5. The normalized spacial score (nSPS) is 11.0. The van der Waals surface area contributed by atoms with Crippen LogP contribution < -0.4 is 5.56 Å². The van der Waals surface area contributed by atoms with E-state index in [-0.39, 0.29) is 11.2 Å². The molecule has 1 aromatic heterocycles. The van der Waals surface area contributed by atoms with Crippen LogP contribution in [0.25, 0.3) is 22.0 Å². The van der Waals surface area contributed by atoms with Gasteiger partial charge in [0.25, 0.3) is 5.56 Å². The van der Waals surface area contributed by atoms with Crippen molar-refractivity contribution in [2.75, 3.05) is 0 Å². The molecule has 1 heterocycles. The standard InChI is InChI=1S/C20H13N5O/c21-12-13-4-3-7-17(10-13)22-24-19-18(23-25-20(19)26)16-9-8-14-5-1-2-6-15(14)11-16/h1-11H,(H2,23,25,26). The maximum atomic E-state index is 12.1. The van der Waals surface area contributed by atoms with Crippen LogP contribution in [0.5, 0.6) is 0 Å². The molecule has 0 radical (unpaired) electrons. The first-order chi connectivity index (χ1) is 12.7. The fraction of sp³-hybridized carbons (Fsp3) is 0. The number of benzene rings is 3. The first-order valence-electron chi connectivity index (χ1n) is 7.96. The fourth-order valence-corrected chi connectivity index (χ4v) is 2.75. The van der Waals surface area contributed by atoms with Crippen molar-refractivity contribution in [3.8, 4) is 17.3 Å². The summed E-state index contributed by atoms with van der Waals surface area (Å²) >= 11 is 0. The van der Waals surface area contributed by atoms with Crippen molar-refractivity contribution in [3.63, 3.8) is 0 Å². The lowest BCUT2D eigenvalue weighted by Gasteiger charge is -2.02. The van der Waals surface area contributed by atoms with Gasteiger partial charge in [0.1, 0.15) is 0 Å². The Labute approximate surface area is 148 Å². The quantitative estimate of drug-likeness (QED) is 0.524. The largest absolute Gasteiger partial charge is 0.295 e. The number of H-pyrrole nitrogens is 2. The Morgan fingerprint density at radius 1 is 0.846 bits per heavy atom. The summed E-state index contributed by atoms with van der Waals surface area (Å²) in [6.07, 6.45) is 0. The molecule has 26 heavy (non-hydrogen) atoms. The number of nitrogens with one attached hydrogen (secondary N) is 2. The number of aromatic nitrogens is 2. The summed E-state index contributed by atoms with van der Waals surface area (Å²) in [6.45, 7) is 0. The molecule has 6 heteroatoms. The first-order valence-corrected chi connectivity index (χ1v) is 7.96. The van der Waals surface area contributed by atoms with Gasteiger partial charge < -0.3 is 0 Å². The topological polar surface area (TPSA) is 97.2 Å². The van der Waals surface area contributed by atoms with Crippen molar-refractivity contribution < 1.29 is 0 Å². The van der Waals surface area contributed by atoms with E-state index in [1.165, 1.54) is 0 Å². The van der Waals surface area contributed by atoms with Crippen LogP contribution in [0.2, 0.25) is 0 Å². The Kier molecular flexibility index (Phi) is 3.88. The minimum atomic E-state index is -0.353. The summed E-state index contributed by atoms with van der Waals surface area (Å²) in [6, 6.07) is 22.7. The zero-order valence-electron chi connectivity index (χ0n) is 13.6. The number of azo groups is 1. The number of fused-ring (bicyclic) bond motifs is 1. The van der Waals surface area contributed by atoms with Gasteiger partial charge in [-0.15, -0.1) is 5.11 Å². The Hall–Kier alpha value is -3.98. The lowest BCUT2D eigenvalue weighted by Crippen LogP contribution is -1.96. The minimum absolute atomic E-state index is 0.197. The van der Waals surface area contributed by atoms with E-state index in [9.17, 15) is 4.79 Å². The molecule has 6 nitrogen and oxygen atoms in total. The van der Waals surface area contributed by atoms with Gasteiger partial charge >= 0.3 is 0 Å². The van der Waals surface area contributed by atoms with E-state index in [0.29, 0.717) is 16.9 Å². The number of nitriles is 1. The van der Waals surface area contributed by atoms with Gasteiger partial charge in [0, 0.05) is 5.56 Å². The number of rotatable bonds is 3. The zero-order chi connectivity index (χ0) is 17.9. The van der Waals surface area contributed by atoms with Crippen LogP contribution in [0.3, 0.4) is 0 Å². The Morgan fingerprint density at radius 2 is 1.69 bits per heavy atom. The number of nitrogens with zero attached hydrogens (tertiary/aromatic N) is 3.